The molecule has 2 aliphatic rings. The van der Waals surface area contributed by atoms with Gasteiger partial charge in [0.25, 0.3) is 11.5 Å². The van der Waals surface area contributed by atoms with Crippen LogP contribution in [0, 0.1) is 0 Å². The Morgan fingerprint density at radius 3 is 2.47 bits per heavy atom. The molecule has 6 rings (SSSR count). The van der Waals surface area contributed by atoms with E-state index in [9.17, 15) is 24.6 Å². The highest BCUT2D eigenvalue weighted by Gasteiger charge is 2.35. The Morgan fingerprint density at radius 2 is 1.79 bits per heavy atom. The Kier molecular flexibility index (Phi) is 7.72. The highest BCUT2D eigenvalue weighted by atomic mass is 35.5. The molecule has 11 nitrogen and oxygen atoms in total. The van der Waals surface area contributed by atoms with E-state index in [-0.39, 0.29) is 37.3 Å². The van der Waals surface area contributed by atoms with Gasteiger partial charge in [0.05, 0.1) is 42.8 Å². The van der Waals surface area contributed by atoms with E-state index in [2.05, 4.69) is 4.98 Å². The lowest BCUT2D eigenvalue weighted by atomic mass is 9.91. The highest BCUT2D eigenvalue weighted by Crippen LogP contribution is 2.30. The van der Waals surface area contributed by atoms with Crippen LogP contribution in [0.4, 0.5) is 4.79 Å². The minimum absolute atomic E-state index is 0.0434. The Morgan fingerprint density at radius 1 is 1.09 bits per heavy atom. The van der Waals surface area contributed by atoms with Crippen molar-refractivity contribution in [3.63, 3.8) is 0 Å². The Bertz CT molecular complexity index is 1710. The molecule has 4 aromatic rings. The summed E-state index contributed by atoms with van der Waals surface area (Å²) in [7, 11) is 0. The maximum atomic E-state index is 13.5. The monoisotopic (exact) mass is 605 g/mol. The number of ether oxygens (including phenoxy) is 1. The summed E-state index contributed by atoms with van der Waals surface area (Å²) in [6.07, 6.45) is 0.892. The van der Waals surface area contributed by atoms with Crippen molar-refractivity contribution in [3.8, 4) is 5.69 Å². The predicted molar refractivity (Wildman–Crippen MR) is 160 cm³/mol. The fourth-order valence-electron chi connectivity index (χ4n) is 5.94. The summed E-state index contributed by atoms with van der Waals surface area (Å²) in [5.74, 6) is -0.0761. The molecule has 0 bridgehead atoms. The molecule has 0 unspecified atom stereocenters. The van der Waals surface area contributed by atoms with Gasteiger partial charge in [-0.15, -0.1) is 0 Å². The normalized spacial score (nSPS) is 20.3. The minimum Gasteiger partial charge on any atom is -0.465 e. The van der Waals surface area contributed by atoms with Crippen molar-refractivity contribution in [3.05, 3.63) is 93.6 Å². The average Bonchev–Trinajstić information content (AvgIpc) is 3.35. The molecule has 2 atom stereocenters. The first kappa shape index (κ1) is 28.9. The lowest BCUT2D eigenvalue weighted by Crippen LogP contribution is -2.49. The number of hydrogen-bond donors (Lipinski definition) is 2. The van der Waals surface area contributed by atoms with Gasteiger partial charge in [-0.05, 0) is 55.7 Å². The van der Waals surface area contributed by atoms with Gasteiger partial charge in [0.15, 0.2) is 5.65 Å². The average molecular weight is 606 g/mol. The van der Waals surface area contributed by atoms with Gasteiger partial charge < -0.3 is 19.8 Å². The van der Waals surface area contributed by atoms with Gasteiger partial charge in [-0.1, -0.05) is 41.9 Å². The summed E-state index contributed by atoms with van der Waals surface area (Å²) in [4.78, 5) is 45.7. The number of carboxylic acid groups (broad SMARTS) is 1. The molecular weight excluding hydrogens is 574 g/mol. The molecule has 0 aliphatic carbocycles. The lowest BCUT2D eigenvalue weighted by molar-refractivity contribution is -0.0465. The van der Waals surface area contributed by atoms with Gasteiger partial charge in [0.1, 0.15) is 11.5 Å². The second-order valence-electron chi connectivity index (χ2n) is 11.3. The van der Waals surface area contributed by atoms with E-state index in [1.807, 2.05) is 37.3 Å². The quantitative estimate of drug-likeness (QED) is 0.352. The van der Waals surface area contributed by atoms with Crippen molar-refractivity contribution < 1.29 is 24.5 Å². The van der Waals surface area contributed by atoms with Crippen LogP contribution in [0.1, 0.15) is 41.7 Å². The van der Waals surface area contributed by atoms with Crippen molar-refractivity contribution in [2.45, 2.75) is 44.1 Å². The summed E-state index contributed by atoms with van der Waals surface area (Å²) in [5.41, 5.74) is 0.925. The standard InChI is InChI=1S/C31H32ClN5O6/c1-20-16-36(30(40)41)25(17-43-20)21-7-9-23(10-8-21)37-26(32)15-24-27(37)33-19-35(29(24)39)18-31(42)11-13-34(14-12-31)28(38)22-5-3-2-4-6-22/h2-10,15,19-20,25,42H,11-14,16-18H2,1H3,(H,40,41)/t20-,25-/m0/s1. The SMILES string of the molecule is C[C@H]1CN(C(=O)O)[C@H](c2ccc(-n3c(Cl)cc4c(=O)n(CC5(O)CCN(C(=O)c6ccccc6)CC5)cnc43)cc2)CO1. The summed E-state index contributed by atoms with van der Waals surface area (Å²) in [6.45, 7) is 3.18. The van der Waals surface area contributed by atoms with Crippen LogP contribution in [0.5, 0.6) is 0 Å². The molecule has 0 saturated carbocycles. The van der Waals surface area contributed by atoms with Crippen molar-refractivity contribution in [1.82, 2.24) is 23.9 Å². The molecule has 12 heteroatoms. The number of benzene rings is 2. The number of carbonyl (C=O) groups excluding carboxylic acids is 1. The largest absolute Gasteiger partial charge is 0.465 e. The molecule has 0 radical (unpaired) electrons. The van der Waals surface area contributed by atoms with Crippen LogP contribution < -0.4 is 5.56 Å². The van der Waals surface area contributed by atoms with Crippen LogP contribution in [-0.4, -0.2) is 84.1 Å². The third-order valence-electron chi connectivity index (χ3n) is 8.36. The van der Waals surface area contributed by atoms with Crippen LogP contribution >= 0.6 is 11.6 Å². The van der Waals surface area contributed by atoms with Crippen LogP contribution in [0.15, 0.2) is 71.8 Å². The summed E-state index contributed by atoms with van der Waals surface area (Å²) in [6, 6.07) is 17.4. The van der Waals surface area contributed by atoms with E-state index in [1.165, 1.54) is 15.8 Å². The van der Waals surface area contributed by atoms with Crippen LogP contribution in [0.25, 0.3) is 16.7 Å². The maximum absolute atomic E-state index is 13.5. The number of rotatable bonds is 5. The molecule has 2 saturated heterocycles. The zero-order valence-electron chi connectivity index (χ0n) is 23.6. The second-order valence-corrected chi connectivity index (χ2v) is 11.7. The molecule has 2 fully saturated rings. The number of nitrogens with zero attached hydrogens (tertiary/aromatic N) is 5. The number of carbonyl (C=O) groups is 2. The van der Waals surface area contributed by atoms with Crippen LogP contribution in [0.3, 0.4) is 0 Å². The van der Waals surface area contributed by atoms with Gasteiger partial charge >= 0.3 is 6.09 Å². The highest BCUT2D eigenvalue weighted by molar-refractivity contribution is 6.31. The second kappa shape index (κ2) is 11.5. The van der Waals surface area contributed by atoms with Gasteiger partial charge in [-0.2, -0.15) is 0 Å². The van der Waals surface area contributed by atoms with E-state index in [0.29, 0.717) is 53.4 Å². The predicted octanol–water partition coefficient (Wildman–Crippen LogP) is 3.95. The van der Waals surface area contributed by atoms with Gasteiger partial charge in [-0.3, -0.25) is 23.6 Å². The Balaban J connectivity index is 1.20. The van der Waals surface area contributed by atoms with Gasteiger partial charge in [0, 0.05) is 24.3 Å². The van der Waals surface area contributed by atoms with E-state index in [1.54, 1.807) is 39.8 Å². The number of fused-ring (bicyclic) bond motifs is 1. The maximum Gasteiger partial charge on any atom is 0.407 e. The van der Waals surface area contributed by atoms with Crippen molar-refractivity contribution in [2.75, 3.05) is 26.2 Å². The number of morpholine rings is 1. The summed E-state index contributed by atoms with van der Waals surface area (Å²) in [5, 5.41) is 21.6. The zero-order chi connectivity index (χ0) is 30.3. The third kappa shape index (κ3) is 5.63. The first-order valence-corrected chi connectivity index (χ1v) is 14.6. The molecule has 2 aromatic carbocycles. The van der Waals surface area contributed by atoms with Gasteiger partial charge in [0.2, 0.25) is 0 Å². The van der Waals surface area contributed by atoms with E-state index in [0.717, 1.165) is 5.56 Å². The topological polar surface area (TPSA) is 130 Å². The number of likely N-dealkylation sites (tertiary alicyclic amines) is 1. The minimum atomic E-state index is -1.17. The molecular formula is C31H32ClN5O6. The van der Waals surface area contributed by atoms with Crippen molar-refractivity contribution in [1.29, 1.82) is 0 Å². The molecule has 43 heavy (non-hydrogen) atoms. The Labute approximate surface area is 252 Å². The van der Waals surface area contributed by atoms with E-state index in [4.69, 9.17) is 16.3 Å². The molecule has 224 valence electrons. The first-order chi connectivity index (χ1) is 20.6. The van der Waals surface area contributed by atoms with Crippen molar-refractivity contribution >= 4 is 34.6 Å². The first-order valence-electron chi connectivity index (χ1n) is 14.2. The molecule has 2 aromatic heterocycles. The Hall–Kier alpha value is -4.19. The third-order valence-corrected chi connectivity index (χ3v) is 8.64. The van der Waals surface area contributed by atoms with Gasteiger partial charge in [-0.25, -0.2) is 9.78 Å². The number of halogens is 1. The number of hydrogen-bond acceptors (Lipinski definition) is 6. The fourth-order valence-corrected chi connectivity index (χ4v) is 6.23. The summed E-state index contributed by atoms with van der Waals surface area (Å²) >= 11 is 6.59. The number of piperidine rings is 1. The zero-order valence-corrected chi connectivity index (χ0v) is 24.4. The molecule has 2 N–H and O–H groups in total. The molecule has 2 amide bonds. The number of aromatic nitrogens is 3. The van der Waals surface area contributed by atoms with Crippen LogP contribution in [0.2, 0.25) is 5.15 Å². The van der Waals surface area contributed by atoms with Crippen molar-refractivity contribution in [2.24, 2.45) is 0 Å². The van der Waals surface area contributed by atoms with Crippen LogP contribution in [-0.2, 0) is 11.3 Å². The summed E-state index contributed by atoms with van der Waals surface area (Å²) < 4.78 is 8.76. The number of aliphatic hydroxyl groups is 1. The molecule has 0 spiro atoms. The fraction of sp³-hybridized carbons (Fsp3) is 0.355. The van der Waals surface area contributed by atoms with E-state index >= 15 is 0 Å². The smallest absolute Gasteiger partial charge is 0.407 e. The molecule has 4 heterocycles. The molecule has 2 aliphatic heterocycles. The number of amides is 2. The van der Waals surface area contributed by atoms with E-state index < -0.39 is 17.7 Å². The lowest BCUT2D eigenvalue weighted by Gasteiger charge is -2.38.